The Morgan fingerprint density at radius 1 is 1.33 bits per heavy atom. The Kier molecular flexibility index (Phi) is 3.96. The molecular weight excluding hydrogens is 328 g/mol. The number of fused-ring (bicyclic) bond motifs is 1. The molecule has 3 heterocycles. The number of rotatable bonds is 3. The zero-order valence-corrected chi connectivity index (χ0v) is 14.7. The summed E-state index contributed by atoms with van der Waals surface area (Å²) in [5, 5.41) is 3.43. The highest BCUT2D eigenvalue weighted by molar-refractivity contribution is 7.18. The van der Waals surface area contributed by atoms with E-state index in [1.807, 2.05) is 20.8 Å². The molecule has 2 N–H and O–H groups in total. The van der Waals surface area contributed by atoms with Gasteiger partial charge in [0.2, 0.25) is 0 Å². The van der Waals surface area contributed by atoms with E-state index in [0.29, 0.717) is 32.5 Å². The van der Waals surface area contributed by atoms with Crippen LogP contribution < -0.4 is 10.1 Å². The summed E-state index contributed by atoms with van der Waals surface area (Å²) in [6.45, 7) is 5.45. The molecule has 0 aliphatic carbocycles. The first-order chi connectivity index (χ1) is 11.3. The molecular formula is C17H18N2O4S. The summed E-state index contributed by atoms with van der Waals surface area (Å²) >= 11 is 1.21. The van der Waals surface area contributed by atoms with E-state index in [-0.39, 0.29) is 5.91 Å². The van der Waals surface area contributed by atoms with Crippen molar-refractivity contribution in [3.8, 4) is 5.75 Å². The molecule has 6 nitrogen and oxygen atoms in total. The van der Waals surface area contributed by atoms with Crippen molar-refractivity contribution in [2.45, 2.75) is 26.4 Å². The van der Waals surface area contributed by atoms with Crippen LogP contribution in [0.15, 0.2) is 18.3 Å². The zero-order valence-electron chi connectivity index (χ0n) is 13.9. The number of ether oxygens (including phenoxy) is 2. The summed E-state index contributed by atoms with van der Waals surface area (Å²) < 4.78 is 10.6. The molecule has 126 valence electrons. The summed E-state index contributed by atoms with van der Waals surface area (Å²) in [4.78, 5) is 27.9. The smallest absolute Gasteiger partial charge is 0.348 e. The van der Waals surface area contributed by atoms with Crippen molar-refractivity contribution in [1.29, 1.82) is 0 Å². The van der Waals surface area contributed by atoms with Gasteiger partial charge in [-0.05, 0) is 39.0 Å². The second-order valence-electron chi connectivity index (χ2n) is 6.33. The van der Waals surface area contributed by atoms with Gasteiger partial charge in [-0.15, -0.1) is 11.3 Å². The van der Waals surface area contributed by atoms with Gasteiger partial charge in [0.05, 0.1) is 18.4 Å². The van der Waals surface area contributed by atoms with Gasteiger partial charge in [-0.25, -0.2) is 4.79 Å². The highest BCUT2D eigenvalue weighted by Gasteiger charge is 2.30. The molecule has 1 amide bonds. The predicted octanol–water partition coefficient (Wildman–Crippen LogP) is 3.53. The van der Waals surface area contributed by atoms with Crippen molar-refractivity contribution in [3.05, 3.63) is 34.5 Å². The molecule has 0 unspecified atom stereocenters. The zero-order chi connectivity index (χ0) is 17.5. The standard InChI is InChI=1S/C17H18N2O4S/c1-17(2,3)23-16(21)13-8-10-9(14(20)19-15(10)24-13)7-11-12(22-4)5-6-18-11/h5-8,18H,1-4H3,(H,19,20). The van der Waals surface area contributed by atoms with E-state index >= 15 is 0 Å². The van der Waals surface area contributed by atoms with Crippen LogP contribution >= 0.6 is 11.3 Å². The van der Waals surface area contributed by atoms with Crippen molar-refractivity contribution < 1.29 is 19.1 Å². The second kappa shape index (κ2) is 5.83. The van der Waals surface area contributed by atoms with Gasteiger partial charge in [0.1, 0.15) is 21.2 Å². The Morgan fingerprint density at radius 3 is 2.75 bits per heavy atom. The Balaban J connectivity index is 1.94. The van der Waals surface area contributed by atoms with Gasteiger partial charge in [-0.1, -0.05) is 0 Å². The molecule has 0 fully saturated rings. The predicted molar refractivity (Wildman–Crippen MR) is 93.3 cm³/mol. The molecule has 2 aromatic heterocycles. The fraction of sp³-hybridized carbons (Fsp3) is 0.294. The lowest BCUT2D eigenvalue weighted by atomic mass is 10.1. The molecule has 1 aliphatic heterocycles. The van der Waals surface area contributed by atoms with Gasteiger partial charge >= 0.3 is 5.97 Å². The summed E-state index contributed by atoms with van der Waals surface area (Å²) in [6.07, 6.45) is 3.45. The van der Waals surface area contributed by atoms with E-state index in [9.17, 15) is 9.59 Å². The number of carbonyl (C=O) groups is 2. The van der Waals surface area contributed by atoms with Gasteiger partial charge in [-0.2, -0.15) is 0 Å². The summed E-state index contributed by atoms with van der Waals surface area (Å²) in [7, 11) is 1.57. The number of thiophene rings is 1. The minimum atomic E-state index is -0.564. The van der Waals surface area contributed by atoms with E-state index in [1.54, 1.807) is 31.5 Å². The van der Waals surface area contributed by atoms with Crippen LogP contribution in [0.25, 0.3) is 11.6 Å². The lowest BCUT2D eigenvalue weighted by molar-refractivity contribution is -0.110. The van der Waals surface area contributed by atoms with E-state index in [0.717, 1.165) is 0 Å². The maximum atomic E-state index is 12.2. The number of aromatic amines is 1. The maximum Gasteiger partial charge on any atom is 0.348 e. The Labute approximate surface area is 143 Å². The summed E-state index contributed by atoms with van der Waals surface area (Å²) in [5.41, 5.74) is 1.31. The third-order valence-corrected chi connectivity index (χ3v) is 4.37. The molecule has 0 aromatic carbocycles. The van der Waals surface area contributed by atoms with Crippen LogP contribution in [0.5, 0.6) is 5.75 Å². The number of nitrogens with one attached hydrogen (secondary N) is 2. The average molecular weight is 346 g/mol. The molecule has 0 atom stereocenters. The number of methoxy groups -OCH3 is 1. The molecule has 0 spiro atoms. The van der Waals surface area contributed by atoms with Crippen LogP contribution in [0.2, 0.25) is 0 Å². The summed E-state index contributed by atoms with van der Waals surface area (Å²) in [6, 6.07) is 3.47. The van der Waals surface area contributed by atoms with E-state index in [1.165, 1.54) is 11.3 Å². The molecule has 0 radical (unpaired) electrons. The van der Waals surface area contributed by atoms with Crippen LogP contribution in [0.4, 0.5) is 5.00 Å². The van der Waals surface area contributed by atoms with Gasteiger partial charge in [-0.3, -0.25) is 4.79 Å². The van der Waals surface area contributed by atoms with Crippen molar-refractivity contribution in [2.24, 2.45) is 0 Å². The van der Waals surface area contributed by atoms with Crippen molar-refractivity contribution in [3.63, 3.8) is 0 Å². The topological polar surface area (TPSA) is 80.4 Å². The van der Waals surface area contributed by atoms with Crippen molar-refractivity contribution in [1.82, 2.24) is 4.98 Å². The highest BCUT2D eigenvalue weighted by atomic mass is 32.1. The fourth-order valence-corrected chi connectivity index (χ4v) is 3.30. The molecule has 2 aromatic rings. The Bertz CT molecular complexity index is 839. The first kappa shape index (κ1) is 16.3. The van der Waals surface area contributed by atoms with Crippen LogP contribution in [0.3, 0.4) is 0 Å². The van der Waals surface area contributed by atoms with Crippen LogP contribution in [0, 0.1) is 0 Å². The highest BCUT2D eigenvalue weighted by Crippen LogP contribution is 2.40. The lowest BCUT2D eigenvalue weighted by Crippen LogP contribution is -2.23. The van der Waals surface area contributed by atoms with Crippen molar-refractivity contribution >= 4 is 39.9 Å². The molecule has 7 heteroatoms. The number of carbonyl (C=O) groups excluding carboxylic acids is 2. The van der Waals surface area contributed by atoms with E-state index < -0.39 is 11.6 Å². The third kappa shape index (κ3) is 3.07. The molecule has 24 heavy (non-hydrogen) atoms. The maximum absolute atomic E-state index is 12.2. The second-order valence-corrected chi connectivity index (χ2v) is 7.38. The van der Waals surface area contributed by atoms with Crippen LogP contribution in [0.1, 0.15) is 41.7 Å². The summed E-state index contributed by atoms with van der Waals surface area (Å²) in [5.74, 6) is 0.0444. The Hall–Kier alpha value is -2.54. The van der Waals surface area contributed by atoms with Crippen molar-refractivity contribution in [2.75, 3.05) is 12.4 Å². The quantitative estimate of drug-likeness (QED) is 0.658. The number of anilines is 1. The SMILES string of the molecule is COc1cc[nH]c1C=C1C(=O)Nc2sc(C(=O)OC(C)(C)C)cc21. The van der Waals surface area contributed by atoms with Gasteiger partial charge in [0.15, 0.2) is 0 Å². The molecule has 0 saturated heterocycles. The largest absolute Gasteiger partial charge is 0.495 e. The number of amides is 1. The number of H-pyrrole nitrogens is 1. The minimum Gasteiger partial charge on any atom is -0.495 e. The molecule has 0 saturated carbocycles. The number of hydrogen-bond donors (Lipinski definition) is 2. The molecule has 0 bridgehead atoms. The minimum absolute atomic E-state index is 0.205. The average Bonchev–Trinajstić information content (AvgIpc) is 3.14. The number of aromatic nitrogens is 1. The number of esters is 1. The monoisotopic (exact) mass is 346 g/mol. The van der Waals surface area contributed by atoms with Crippen LogP contribution in [-0.4, -0.2) is 29.6 Å². The molecule has 3 rings (SSSR count). The lowest BCUT2D eigenvalue weighted by Gasteiger charge is -2.18. The van der Waals surface area contributed by atoms with Gasteiger partial charge < -0.3 is 19.8 Å². The fourth-order valence-electron chi connectivity index (χ4n) is 2.35. The van der Waals surface area contributed by atoms with E-state index in [4.69, 9.17) is 9.47 Å². The first-order valence-electron chi connectivity index (χ1n) is 7.40. The Morgan fingerprint density at radius 2 is 2.08 bits per heavy atom. The first-order valence-corrected chi connectivity index (χ1v) is 8.22. The normalized spacial score (nSPS) is 15.3. The van der Waals surface area contributed by atoms with Gasteiger partial charge in [0, 0.05) is 11.8 Å². The third-order valence-electron chi connectivity index (χ3n) is 3.34. The number of hydrogen-bond acceptors (Lipinski definition) is 5. The van der Waals surface area contributed by atoms with Crippen LogP contribution in [-0.2, 0) is 9.53 Å². The molecule has 1 aliphatic rings. The van der Waals surface area contributed by atoms with E-state index in [2.05, 4.69) is 10.3 Å². The van der Waals surface area contributed by atoms with Gasteiger partial charge in [0.25, 0.3) is 5.91 Å².